The van der Waals surface area contributed by atoms with Gasteiger partial charge in [0.1, 0.15) is 0 Å². The average Bonchev–Trinajstić information content (AvgIpc) is 2.70. The van der Waals surface area contributed by atoms with Crippen LogP contribution in [-0.2, 0) is 0 Å². The van der Waals surface area contributed by atoms with Gasteiger partial charge in [-0.3, -0.25) is 4.98 Å². The highest BCUT2D eigenvalue weighted by Crippen LogP contribution is 2.29. The molecule has 2 rings (SSSR count). The fraction of sp³-hybridized carbons (Fsp3) is 0.636. The van der Waals surface area contributed by atoms with Crippen LogP contribution in [0.15, 0.2) is 12.4 Å². The number of aromatic nitrogens is 2. The molecule has 0 spiro atoms. The second-order valence-corrected chi connectivity index (χ2v) is 4.41. The van der Waals surface area contributed by atoms with Gasteiger partial charge < -0.3 is 9.64 Å². The van der Waals surface area contributed by atoms with Gasteiger partial charge in [0.15, 0.2) is 5.82 Å². The number of nitrogens with zero attached hydrogens (tertiary/aromatic N) is 3. The number of methoxy groups -OCH3 is 1. The van der Waals surface area contributed by atoms with Crippen LogP contribution in [0.4, 0.5) is 5.82 Å². The van der Waals surface area contributed by atoms with E-state index in [1.807, 2.05) is 0 Å². The summed E-state index contributed by atoms with van der Waals surface area (Å²) >= 11 is 6.00. The van der Waals surface area contributed by atoms with Gasteiger partial charge in [0.25, 0.3) is 0 Å². The van der Waals surface area contributed by atoms with E-state index in [9.17, 15) is 0 Å². The van der Waals surface area contributed by atoms with Crippen molar-refractivity contribution in [3.63, 3.8) is 0 Å². The van der Waals surface area contributed by atoms with Crippen molar-refractivity contribution in [2.24, 2.45) is 5.92 Å². The first-order chi connectivity index (χ1) is 7.76. The zero-order valence-electron chi connectivity index (χ0n) is 9.56. The van der Waals surface area contributed by atoms with Crippen LogP contribution < -0.4 is 9.64 Å². The predicted octanol–water partition coefficient (Wildman–Crippen LogP) is 1.94. The number of halogens is 1. The molecule has 1 aromatic rings. The quantitative estimate of drug-likeness (QED) is 0.758. The van der Waals surface area contributed by atoms with Crippen LogP contribution in [0, 0.1) is 5.92 Å². The Balaban J connectivity index is 2.22. The Kier molecular flexibility index (Phi) is 3.49. The monoisotopic (exact) mass is 241 g/mol. The molecule has 0 N–H and O–H groups in total. The second-order valence-electron chi connectivity index (χ2n) is 4.10. The van der Waals surface area contributed by atoms with Gasteiger partial charge in [-0.05, 0) is 12.3 Å². The van der Waals surface area contributed by atoms with Crippen LogP contribution >= 0.6 is 11.6 Å². The largest absolute Gasteiger partial charge is 0.480 e. The summed E-state index contributed by atoms with van der Waals surface area (Å²) in [6.07, 6.45) is 4.52. The number of anilines is 1. The number of hydrogen-bond acceptors (Lipinski definition) is 4. The van der Waals surface area contributed by atoms with Gasteiger partial charge in [-0.15, -0.1) is 11.6 Å². The maximum atomic E-state index is 6.00. The summed E-state index contributed by atoms with van der Waals surface area (Å²) in [4.78, 5) is 10.7. The third-order valence-electron chi connectivity index (χ3n) is 3.14. The van der Waals surface area contributed by atoms with Gasteiger partial charge in [0, 0.05) is 18.5 Å². The fourth-order valence-corrected chi connectivity index (χ4v) is 2.57. The van der Waals surface area contributed by atoms with E-state index in [2.05, 4.69) is 21.8 Å². The zero-order chi connectivity index (χ0) is 11.5. The highest BCUT2D eigenvalue weighted by molar-refractivity contribution is 6.18. The third kappa shape index (κ3) is 2.07. The molecule has 0 saturated carbocycles. The van der Waals surface area contributed by atoms with Crippen LogP contribution in [0.5, 0.6) is 5.88 Å². The van der Waals surface area contributed by atoms with E-state index in [0.717, 1.165) is 18.8 Å². The Morgan fingerprint density at radius 3 is 3.06 bits per heavy atom. The molecule has 1 fully saturated rings. The van der Waals surface area contributed by atoms with Crippen molar-refractivity contribution >= 4 is 17.4 Å². The first kappa shape index (κ1) is 11.5. The SMILES string of the molecule is COc1cncc(N2CCC(C)C2CCl)n1. The molecule has 0 amide bonds. The molecule has 2 unspecified atom stereocenters. The first-order valence-electron chi connectivity index (χ1n) is 5.45. The fourth-order valence-electron chi connectivity index (χ4n) is 2.10. The summed E-state index contributed by atoms with van der Waals surface area (Å²) in [5, 5.41) is 0. The molecular weight excluding hydrogens is 226 g/mol. The average molecular weight is 242 g/mol. The molecule has 16 heavy (non-hydrogen) atoms. The molecule has 0 aliphatic carbocycles. The Labute approximate surface area is 101 Å². The lowest BCUT2D eigenvalue weighted by Crippen LogP contribution is -2.34. The lowest BCUT2D eigenvalue weighted by Gasteiger charge is -2.25. The summed E-state index contributed by atoms with van der Waals surface area (Å²) in [5.74, 6) is 2.63. The van der Waals surface area contributed by atoms with E-state index >= 15 is 0 Å². The van der Waals surface area contributed by atoms with Gasteiger partial charge in [-0.1, -0.05) is 6.92 Å². The van der Waals surface area contributed by atoms with Crippen molar-refractivity contribution in [2.45, 2.75) is 19.4 Å². The lowest BCUT2D eigenvalue weighted by molar-refractivity contribution is 0.395. The molecule has 2 atom stereocenters. The van der Waals surface area contributed by atoms with Crippen LogP contribution in [0.3, 0.4) is 0 Å². The first-order valence-corrected chi connectivity index (χ1v) is 5.98. The van der Waals surface area contributed by atoms with E-state index in [1.54, 1.807) is 19.5 Å². The van der Waals surface area contributed by atoms with Crippen LogP contribution in [0.1, 0.15) is 13.3 Å². The van der Waals surface area contributed by atoms with Crippen molar-refractivity contribution in [1.29, 1.82) is 0 Å². The Hall–Kier alpha value is -1.03. The smallest absolute Gasteiger partial charge is 0.233 e. The van der Waals surface area contributed by atoms with Crippen LogP contribution in [0.25, 0.3) is 0 Å². The van der Waals surface area contributed by atoms with Crippen molar-refractivity contribution in [3.8, 4) is 5.88 Å². The summed E-state index contributed by atoms with van der Waals surface area (Å²) in [7, 11) is 1.60. The highest BCUT2D eigenvalue weighted by atomic mass is 35.5. The van der Waals surface area contributed by atoms with E-state index in [-0.39, 0.29) is 0 Å². The predicted molar refractivity (Wildman–Crippen MR) is 64.2 cm³/mol. The van der Waals surface area contributed by atoms with Crippen molar-refractivity contribution < 1.29 is 4.74 Å². The number of rotatable bonds is 3. The molecule has 2 heterocycles. The number of hydrogen-bond donors (Lipinski definition) is 0. The molecular formula is C11H16ClN3O. The minimum atomic E-state index is 0.350. The molecule has 1 saturated heterocycles. The summed E-state index contributed by atoms with van der Waals surface area (Å²) in [5.41, 5.74) is 0. The van der Waals surface area contributed by atoms with Gasteiger partial charge >= 0.3 is 0 Å². The Morgan fingerprint density at radius 2 is 2.38 bits per heavy atom. The van der Waals surface area contributed by atoms with E-state index < -0.39 is 0 Å². The molecule has 0 radical (unpaired) electrons. The van der Waals surface area contributed by atoms with Crippen molar-refractivity contribution in [3.05, 3.63) is 12.4 Å². The molecule has 1 aliphatic rings. The van der Waals surface area contributed by atoms with Crippen molar-refractivity contribution in [2.75, 3.05) is 24.4 Å². The second kappa shape index (κ2) is 4.87. The Bertz CT molecular complexity index is 361. The number of ether oxygens (including phenoxy) is 1. The molecule has 0 aromatic carbocycles. The molecule has 1 aromatic heterocycles. The zero-order valence-corrected chi connectivity index (χ0v) is 10.3. The maximum absolute atomic E-state index is 6.00. The lowest BCUT2D eigenvalue weighted by atomic mass is 10.1. The van der Waals surface area contributed by atoms with Crippen LogP contribution in [0.2, 0.25) is 0 Å². The summed E-state index contributed by atoms with van der Waals surface area (Å²) in [6.45, 7) is 3.21. The molecule has 88 valence electrons. The van der Waals surface area contributed by atoms with E-state index in [0.29, 0.717) is 23.7 Å². The topological polar surface area (TPSA) is 38.2 Å². The Morgan fingerprint density at radius 1 is 1.56 bits per heavy atom. The summed E-state index contributed by atoms with van der Waals surface area (Å²) in [6, 6.07) is 0.350. The minimum absolute atomic E-state index is 0.350. The van der Waals surface area contributed by atoms with Gasteiger partial charge in [-0.25, -0.2) is 0 Å². The maximum Gasteiger partial charge on any atom is 0.233 e. The van der Waals surface area contributed by atoms with E-state index in [1.165, 1.54) is 0 Å². The highest BCUT2D eigenvalue weighted by Gasteiger charge is 2.31. The standard InChI is InChI=1S/C11H16ClN3O/c1-8-3-4-15(9(8)5-12)10-6-13-7-11(14-10)16-2/h6-9H,3-5H2,1-2H3. The van der Waals surface area contributed by atoms with Crippen molar-refractivity contribution in [1.82, 2.24) is 9.97 Å². The van der Waals surface area contributed by atoms with Crippen LogP contribution in [-0.4, -0.2) is 35.5 Å². The van der Waals surface area contributed by atoms with Gasteiger partial charge in [0.2, 0.25) is 5.88 Å². The van der Waals surface area contributed by atoms with Gasteiger partial charge in [-0.2, -0.15) is 4.98 Å². The number of alkyl halides is 1. The molecule has 0 bridgehead atoms. The summed E-state index contributed by atoms with van der Waals surface area (Å²) < 4.78 is 5.08. The third-order valence-corrected chi connectivity index (χ3v) is 3.46. The molecule has 1 aliphatic heterocycles. The van der Waals surface area contributed by atoms with E-state index in [4.69, 9.17) is 16.3 Å². The molecule has 4 nitrogen and oxygen atoms in total. The van der Waals surface area contributed by atoms with Gasteiger partial charge in [0.05, 0.1) is 19.5 Å². The normalized spacial score (nSPS) is 24.8. The molecule has 5 heteroatoms. The minimum Gasteiger partial charge on any atom is -0.480 e.